The van der Waals surface area contributed by atoms with Crippen molar-refractivity contribution in [3.63, 3.8) is 0 Å². The Morgan fingerprint density at radius 3 is 1.80 bits per heavy atom. The zero-order valence-electron chi connectivity index (χ0n) is 18.4. The normalized spacial score (nSPS) is 24.3. The van der Waals surface area contributed by atoms with Crippen LogP contribution in [0.1, 0.15) is 11.1 Å². The Bertz CT molecular complexity index is 1370. The van der Waals surface area contributed by atoms with Crippen LogP contribution < -0.4 is 4.90 Å². The molecule has 6 nitrogen and oxygen atoms in total. The van der Waals surface area contributed by atoms with Crippen LogP contribution in [0.25, 0.3) is 5.57 Å². The Kier molecular flexibility index (Phi) is 4.93. The molecule has 2 aliphatic carbocycles. The van der Waals surface area contributed by atoms with Gasteiger partial charge in [0, 0.05) is 17.9 Å². The fourth-order valence-corrected chi connectivity index (χ4v) is 6.03. The third kappa shape index (κ3) is 3.17. The van der Waals surface area contributed by atoms with E-state index in [1.165, 1.54) is 18.2 Å². The summed E-state index contributed by atoms with van der Waals surface area (Å²) in [6.07, 6.45) is 4.07. The van der Waals surface area contributed by atoms with Crippen molar-refractivity contribution in [2.45, 2.75) is 0 Å². The number of carbonyl (C=O) groups excluding carboxylic acids is 2. The Morgan fingerprint density at radius 2 is 1.31 bits per heavy atom. The summed E-state index contributed by atoms with van der Waals surface area (Å²) in [4.78, 5) is 39.1. The van der Waals surface area contributed by atoms with Crippen molar-refractivity contribution in [3.05, 3.63) is 123 Å². The van der Waals surface area contributed by atoms with Crippen molar-refractivity contribution in [1.82, 2.24) is 0 Å². The molecule has 3 aromatic carbocycles. The third-order valence-corrected chi connectivity index (χ3v) is 7.53. The smallest absolute Gasteiger partial charge is 0.274 e. The number of anilines is 1. The summed E-state index contributed by atoms with van der Waals surface area (Å²) in [5.74, 6) is -2.17. The van der Waals surface area contributed by atoms with Crippen LogP contribution >= 0.6 is 11.6 Å². The average molecular weight is 483 g/mol. The minimum Gasteiger partial charge on any atom is -0.274 e. The number of nitro benzene ring substituents is 1. The molecule has 35 heavy (non-hydrogen) atoms. The lowest BCUT2D eigenvalue weighted by Gasteiger charge is -2.21. The molecular weight excluding hydrogens is 464 g/mol. The summed E-state index contributed by atoms with van der Waals surface area (Å²) in [6, 6.07) is 24.1. The van der Waals surface area contributed by atoms with Crippen molar-refractivity contribution < 1.29 is 14.5 Å². The zero-order chi connectivity index (χ0) is 24.3. The molecule has 0 N–H and O–H groups in total. The van der Waals surface area contributed by atoms with Gasteiger partial charge in [0.15, 0.2) is 0 Å². The van der Waals surface area contributed by atoms with Crippen LogP contribution in [-0.4, -0.2) is 16.7 Å². The predicted octanol–water partition coefficient (Wildman–Crippen LogP) is 5.67. The number of benzene rings is 3. The van der Waals surface area contributed by atoms with E-state index in [0.29, 0.717) is 0 Å². The predicted molar refractivity (Wildman–Crippen MR) is 133 cm³/mol. The van der Waals surface area contributed by atoms with Gasteiger partial charge in [0.1, 0.15) is 5.02 Å². The highest BCUT2D eigenvalue weighted by atomic mass is 35.5. The van der Waals surface area contributed by atoms with E-state index in [1.54, 1.807) is 0 Å². The molecule has 2 bridgehead atoms. The topological polar surface area (TPSA) is 80.5 Å². The first-order chi connectivity index (χ1) is 17.0. The van der Waals surface area contributed by atoms with E-state index < -0.39 is 16.8 Å². The number of fused-ring (bicyclic) bond motifs is 5. The van der Waals surface area contributed by atoms with E-state index in [1.807, 2.05) is 72.8 Å². The van der Waals surface area contributed by atoms with Crippen LogP contribution in [0.3, 0.4) is 0 Å². The van der Waals surface area contributed by atoms with E-state index in [2.05, 4.69) is 0 Å². The third-order valence-electron chi connectivity index (χ3n) is 7.21. The molecule has 0 radical (unpaired) electrons. The highest BCUT2D eigenvalue weighted by Gasteiger charge is 2.62. The largest absolute Gasteiger partial charge is 0.289 e. The van der Waals surface area contributed by atoms with Gasteiger partial charge in [0.05, 0.1) is 22.4 Å². The number of amides is 2. The van der Waals surface area contributed by atoms with Gasteiger partial charge in [-0.3, -0.25) is 19.7 Å². The number of allylic oxidation sites excluding steroid dienone is 3. The van der Waals surface area contributed by atoms with Crippen LogP contribution in [0.5, 0.6) is 0 Å². The van der Waals surface area contributed by atoms with Gasteiger partial charge in [-0.05, 0) is 34.4 Å². The average Bonchev–Trinajstić information content (AvgIpc) is 3.50. The van der Waals surface area contributed by atoms with E-state index in [9.17, 15) is 19.7 Å². The maximum absolute atomic E-state index is 13.6. The molecule has 1 saturated carbocycles. The second-order valence-corrected chi connectivity index (χ2v) is 9.36. The standard InChI is InChI=1S/C28H19ClN2O4/c29-21-14-11-18(15-22(21)31(34)35)30-27(32)25-19-12-13-20(26(25)28(30)33)24(19)23(16-7-3-1-4-8-16)17-9-5-2-6-10-17/h1-15,19-20,25-26H/t19-,20-,25-,26-/m0/s1. The number of carbonyl (C=O) groups is 2. The van der Waals surface area contributed by atoms with Gasteiger partial charge >= 0.3 is 0 Å². The Balaban J connectivity index is 1.46. The van der Waals surface area contributed by atoms with Gasteiger partial charge in [-0.25, -0.2) is 4.90 Å². The van der Waals surface area contributed by atoms with Gasteiger partial charge in [-0.2, -0.15) is 0 Å². The minimum atomic E-state index is -0.615. The van der Waals surface area contributed by atoms with Gasteiger partial charge in [0.25, 0.3) is 5.69 Å². The molecule has 0 spiro atoms. The van der Waals surface area contributed by atoms with Gasteiger partial charge < -0.3 is 0 Å². The number of halogens is 1. The van der Waals surface area contributed by atoms with Crippen molar-refractivity contribution in [3.8, 4) is 0 Å². The monoisotopic (exact) mass is 482 g/mol. The second kappa shape index (κ2) is 8.03. The fourth-order valence-electron chi connectivity index (χ4n) is 5.84. The first-order valence-electron chi connectivity index (χ1n) is 11.3. The summed E-state index contributed by atoms with van der Waals surface area (Å²) < 4.78 is 0. The molecule has 0 aromatic heterocycles. The molecule has 0 unspecified atom stereocenters. The minimum absolute atomic E-state index is 0.0413. The number of hydrogen-bond acceptors (Lipinski definition) is 4. The Morgan fingerprint density at radius 1 is 0.800 bits per heavy atom. The Hall–Kier alpha value is -4.03. The second-order valence-electron chi connectivity index (χ2n) is 8.96. The summed E-state index contributed by atoms with van der Waals surface area (Å²) in [5, 5.41) is 11.3. The van der Waals surface area contributed by atoms with Crippen LogP contribution in [0.4, 0.5) is 11.4 Å². The molecule has 7 heteroatoms. The van der Waals surface area contributed by atoms with Crippen molar-refractivity contribution >= 4 is 40.4 Å². The summed E-state index contributed by atoms with van der Waals surface area (Å²) in [5.41, 5.74) is 4.06. The Labute approximate surface area is 206 Å². The molecule has 1 aliphatic heterocycles. The molecule has 2 fully saturated rings. The van der Waals surface area contributed by atoms with E-state index in [-0.39, 0.29) is 40.0 Å². The first kappa shape index (κ1) is 21.5. The molecule has 1 saturated heterocycles. The van der Waals surface area contributed by atoms with E-state index in [0.717, 1.165) is 27.2 Å². The van der Waals surface area contributed by atoms with Gasteiger partial charge in [-0.1, -0.05) is 84.4 Å². The summed E-state index contributed by atoms with van der Waals surface area (Å²) in [6.45, 7) is 0. The van der Waals surface area contributed by atoms with Crippen molar-refractivity contribution in [1.29, 1.82) is 0 Å². The van der Waals surface area contributed by atoms with Crippen molar-refractivity contribution in [2.24, 2.45) is 23.7 Å². The van der Waals surface area contributed by atoms with E-state index >= 15 is 0 Å². The molecule has 4 atom stereocenters. The van der Waals surface area contributed by atoms with Crippen LogP contribution in [0.2, 0.25) is 5.02 Å². The lowest BCUT2D eigenvalue weighted by Crippen LogP contribution is -2.33. The SMILES string of the molecule is O=C1[C@@H]2[C@@H](C(=O)N1c1ccc(Cl)c([N+](=O)[O-])c1)[C@H]1C=C[C@H]2C1=C(c1ccccc1)c1ccccc1. The molecule has 2 amide bonds. The molecule has 3 aliphatic rings. The number of hydrogen-bond donors (Lipinski definition) is 0. The quantitative estimate of drug-likeness (QED) is 0.207. The zero-order valence-corrected chi connectivity index (χ0v) is 19.1. The van der Waals surface area contributed by atoms with Gasteiger partial charge in [0.2, 0.25) is 11.8 Å². The fraction of sp³-hybridized carbons (Fsp3) is 0.143. The van der Waals surface area contributed by atoms with Crippen molar-refractivity contribution in [2.75, 3.05) is 4.90 Å². The molecule has 1 heterocycles. The molecule has 3 aromatic rings. The maximum Gasteiger partial charge on any atom is 0.289 e. The highest BCUT2D eigenvalue weighted by molar-refractivity contribution is 6.33. The number of imide groups is 1. The van der Waals surface area contributed by atoms with Crippen LogP contribution in [0.15, 0.2) is 96.6 Å². The van der Waals surface area contributed by atoms with Gasteiger partial charge in [-0.15, -0.1) is 0 Å². The maximum atomic E-state index is 13.6. The van der Waals surface area contributed by atoms with E-state index in [4.69, 9.17) is 11.6 Å². The summed E-state index contributed by atoms with van der Waals surface area (Å²) >= 11 is 5.95. The number of nitrogens with zero attached hydrogens (tertiary/aromatic N) is 2. The molecule has 6 rings (SSSR count). The highest BCUT2D eigenvalue weighted by Crippen LogP contribution is 2.59. The lowest BCUT2D eigenvalue weighted by molar-refractivity contribution is -0.384. The van der Waals surface area contributed by atoms with Crippen LogP contribution in [-0.2, 0) is 9.59 Å². The van der Waals surface area contributed by atoms with Crippen LogP contribution in [0, 0.1) is 33.8 Å². The summed E-state index contributed by atoms with van der Waals surface area (Å²) in [7, 11) is 0. The number of nitro groups is 1. The molecular formula is C28H19ClN2O4. The molecule has 172 valence electrons. The number of rotatable bonds is 4. The lowest BCUT2D eigenvalue weighted by atomic mass is 9.85. The first-order valence-corrected chi connectivity index (χ1v) is 11.7.